The fourth-order valence-electron chi connectivity index (χ4n) is 2.27. The Morgan fingerprint density at radius 2 is 1.85 bits per heavy atom. The minimum absolute atomic E-state index is 0.362. The van der Waals surface area contributed by atoms with Crippen molar-refractivity contribution in [1.29, 1.82) is 0 Å². The molecule has 2 heterocycles. The first-order valence-electron chi connectivity index (χ1n) is 6.24. The van der Waals surface area contributed by atoms with Gasteiger partial charge in [0.2, 0.25) is 0 Å². The second-order valence-electron chi connectivity index (χ2n) is 5.59. The highest BCUT2D eigenvalue weighted by Gasteiger charge is 2.60. The van der Waals surface area contributed by atoms with Crippen LogP contribution < -0.4 is 0 Å². The number of Topliss-reactive ketones (excluding diaryl/α,β-unsaturated/α-hetero) is 1. The Morgan fingerprint density at radius 1 is 1.30 bits per heavy atom. The highest BCUT2D eigenvalue weighted by molar-refractivity contribution is 7.94. The van der Waals surface area contributed by atoms with Crippen molar-refractivity contribution in [2.45, 2.75) is 32.4 Å². The largest absolute Gasteiger partial charge is 0.351 e. The van der Waals surface area contributed by atoms with Gasteiger partial charge in [-0.25, -0.2) is 12.7 Å². The minimum Gasteiger partial charge on any atom is -0.351 e. The highest BCUT2D eigenvalue weighted by Crippen LogP contribution is 2.34. The predicted octanol–water partition coefficient (Wildman–Crippen LogP) is 0.775. The van der Waals surface area contributed by atoms with Gasteiger partial charge in [-0.3, -0.25) is 9.59 Å². The Bertz CT molecular complexity index is 713. The number of aryl methyl sites for hydroxylation is 1. The van der Waals surface area contributed by atoms with Gasteiger partial charge in [0.25, 0.3) is 15.9 Å². The van der Waals surface area contributed by atoms with Gasteiger partial charge >= 0.3 is 0 Å². The Hall–Kier alpha value is -1.63. The summed E-state index contributed by atoms with van der Waals surface area (Å²) in [6.45, 7) is 5.93. The van der Waals surface area contributed by atoms with E-state index in [4.69, 9.17) is 0 Å². The van der Waals surface area contributed by atoms with Gasteiger partial charge in [-0.1, -0.05) is 0 Å². The molecule has 0 aromatic carbocycles. The molecule has 0 bridgehead atoms. The van der Waals surface area contributed by atoms with E-state index >= 15 is 0 Å². The highest BCUT2D eigenvalue weighted by atomic mass is 32.2. The summed E-state index contributed by atoms with van der Waals surface area (Å²) in [5.41, 5.74) is 2.12. The average molecular weight is 298 g/mol. The molecular weight excluding hydrogens is 280 g/mol. The number of aromatic nitrogens is 1. The van der Waals surface area contributed by atoms with Crippen molar-refractivity contribution >= 4 is 21.7 Å². The molecule has 1 aliphatic rings. The van der Waals surface area contributed by atoms with Crippen LogP contribution in [0.3, 0.4) is 0 Å². The van der Waals surface area contributed by atoms with Gasteiger partial charge in [0.15, 0.2) is 10.5 Å². The van der Waals surface area contributed by atoms with Gasteiger partial charge in [0.1, 0.15) is 6.54 Å². The second kappa shape index (κ2) is 4.18. The third-order valence-corrected chi connectivity index (χ3v) is 6.38. The average Bonchev–Trinajstić information content (AvgIpc) is 2.62. The number of hydrogen-bond donors (Lipinski definition) is 0. The van der Waals surface area contributed by atoms with Crippen LogP contribution in [0.1, 0.15) is 35.6 Å². The van der Waals surface area contributed by atoms with Crippen molar-refractivity contribution in [3.8, 4) is 0 Å². The van der Waals surface area contributed by atoms with Crippen LogP contribution in [-0.4, -0.2) is 40.3 Å². The van der Waals surface area contributed by atoms with E-state index < -0.39 is 27.2 Å². The van der Waals surface area contributed by atoms with Crippen molar-refractivity contribution in [2.75, 3.05) is 6.54 Å². The first kappa shape index (κ1) is 14.8. The Kier molecular flexibility index (Phi) is 3.09. The molecule has 0 radical (unpaired) electrons. The maximum absolute atomic E-state index is 12.2. The lowest BCUT2D eigenvalue weighted by atomic mass is 10.1. The summed E-state index contributed by atoms with van der Waals surface area (Å²) in [6, 6.07) is 1.71. The van der Waals surface area contributed by atoms with Crippen molar-refractivity contribution < 1.29 is 18.0 Å². The van der Waals surface area contributed by atoms with E-state index in [-0.39, 0.29) is 5.78 Å². The third kappa shape index (κ3) is 1.72. The van der Waals surface area contributed by atoms with Crippen LogP contribution in [0.15, 0.2) is 6.07 Å². The lowest BCUT2D eigenvalue weighted by Crippen LogP contribution is -2.68. The van der Waals surface area contributed by atoms with E-state index in [1.807, 2.05) is 18.5 Å². The monoisotopic (exact) mass is 298 g/mol. The van der Waals surface area contributed by atoms with E-state index in [1.54, 1.807) is 13.0 Å². The molecule has 0 spiro atoms. The maximum Gasteiger partial charge on any atom is 0.259 e. The summed E-state index contributed by atoms with van der Waals surface area (Å²) < 4.78 is 25.0. The number of amides is 1. The summed E-state index contributed by atoms with van der Waals surface area (Å²) >= 11 is 0. The molecule has 20 heavy (non-hydrogen) atoms. The number of hydrogen-bond acceptors (Lipinski definition) is 4. The summed E-state index contributed by atoms with van der Waals surface area (Å²) in [4.78, 5) is 24.0. The standard InChI is InChI=1S/C13H18N2O4S/c1-8-6-10(9(2)14(8)5)11(16)7-15-12(17)13(3,4)20(15,18)19/h6H,7H2,1-5H3. The van der Waals surface area contributed by atoms with Crippen LogP contribution in [0.4, 0.5) is 0 Å². The van der Waals surface area contributed by atoms with Crippen molar-refractivity contribution in [2.24, 2.45) is 7.05 Å². The number of carbonyl (C=O) groups excluding carboxylic acids is 2. The topological polar surface area (TPSA) is 76.5 Å². The van der Waals surface area contributed by atoms with Crippen molar-refractivity contribution in [1.82, 2.24) is 8.87 Å². The fraction of sp³-hybridized carbons (Fsp3) is 0.538. The fourth-order valence-corrected chi connectivity index (χ4v) is 3.75. The predicted molar refractivity (Wildman–Crippen MR) is 73.9 cm³/mol. The number of ketones is 1. The molecule has 1 amide bonds. The normalized spacial score (nSPS) is 19.9. The second-order valence-corrected chi connectivity index (χ2v) is 8.01. The van der Waals surface area contributed by atoms with E-state index in [0.717, 1.165) is 11.4 Å². The molecule has 0 aliphatic carbocycles. The van der Waals surface area contributed by atoms with Gasteiger partial charge in [-0.15, -0.1) is 0 Å². The van der Waals surface area contributed by atoms with E-state index in [9.17, 15) is 18.0 Å². The van der Waals surface area contributed by atoms with Crippen molar-refractivity contribution in [3.05, 3.63) is 23.0 Å². The van der Waals surface area contributed by atoms with E-state index in [2.05, 4.69) is 0 Å². The van der Waals surface area contributed by atoms with Gasteiger partial charge in [0, 0.05) is 24.0 Å². The molecular formula is C13H18N2O4S. The van der Waals surface area contributed by atoms with Crippen LogP contribution in [0.2, 0.25) is 0 Å². The molecule has 1 aromatic heterocycles. The first-order valence-corrected chi connectivity index (χ1v) is 7.68. The number of carbonyl (C=O) groups is 2. The van der Waals surface area contributed by atoms with E-state index in [1.165, 1.54) is 13.8 Å². The summed E-state index contributed by atoms with van der Waals surface area (Å²) in [7, 11) is -1.88. The molecule has 1 saturated heterocycles. The number of rotatable bonds is 3. The lowest BCUT2D eigenvalue weighted by molar-refractivity contribution is -0.131. The summed E-state index contributed by atoms with van der Waals surface area (Å²) in [5.74, 6) is -0.894. The lowest BCUT2D eigenvalue weighted by Gasteiger charge is -2.42. The van der Waals surface area contributed by atoms with Gasteiger partial charge in [-0.2, -0.15) is 0 Å². The summed E-state index contributed by atoms with van der Waals surface area (Å²) in [5, 5.41) is 0. The molecule has 1 aliphatic heterocycles. The zero-order valence-electron chi connectivity index (χ0n) is 12.2. The molecule has 110 valence electrons. The minimum atomic E-state index is -3.71. The molecule has 1 aromatic rings. The molecule has 0 N–H and O–H groups in total. The first-order chi connectivity index (χ1) is 9.01. The zero-order chi connectivity index (χ0) is 15.5. The molecule has 1 fully saturated rings. The van der Waals surface area contributed by atoms with Gasteiger partial charge < -0.3 is 4.57 Å². The van der Waals surface area contributed by atoms with Crippen LogP contribution >= 0.6 is 0 Å². The Morgan fingerprint density at radius 3 is 2.25 bits per heavy atom. The van der Waals surface area contributed by atoms with Crippen LogP contribution in [0.25, 0.3) is 0 Å². The van der Waals surface area contributed by atoms with Crippen LogP contribution in [0.5, 0.6) is 0 Å². The van der Waals surface area contributed by atoms with Crippen LogP contribution in [0, 0.1) is 13.8 Å². The maximum atomic E-state index is 12.2. The third-order valence-electron chi connectivity index (χ3n) is 4.04. The quantitative estimate of drug-likeness (QED) is 0.773. The molecule has 2 rings (SSSR count). The summed E-state index contributed by atoms with van der Waals surface area (Å²) in [6.07, 6.45) is 0. The van der Waals surface area contributed by atoms with Gasteiger partial charge in [0.05, 0.1) is 0 Å². The zero-order valence-corrected chi connectivity index (χ0v) is 13.0. The smallest absolute Gasteiger partial charge is 0.259 e. The van der Waals surface area contributed by atoms with Gasteiger partial charge in [-0.05, 0) is 33.8 Å². The molecule has 6 nitrogen and oxygen atoms in total. The SMILES string of the molecule is Cc1cc(C(=O)CN2C(=O)C(C)(C)S2(=O)=O)c(C)n1C. The number of sulfonamides is 1. The Balaban J connectivity index is 2.26. The van der Waals surface area contributed by atoms with E-state index in [0.29, 0.717) is 9.87 Å². The van der Waals surface area contributed by atoms with Crippen molar-refractivity contribution in [3.63, 3.8) is 0 Å². The Labute approximate surface area is 118 Å². The molecule has 0 saturated carbocycles. The molecule has 0 unspecified atom stereocenters. The number of nitrogens with zero attached hydrogens (tertiary/aromatic N) is 2. The molecule has 7 heteroatoms. The van der Waals surface area contributed by atoms with Crippen LogP contribution in [-0.2, 0) is 21.9 Å². The molecule has 0 atom stereocenters.